The van der Waals surface area contributed by atoms with Gasteiger partial charge >= 0.3 is 5.97 Å². The van der Waals surface area contributed by atoms with E-state index in [1.54, 1.807) is 7.11 Å². The zero-order valence-electron chi connectivity index (χ0n) is 11.5. The number of aliphatic carboxylic acids is 1. The molecule has 0 aromatic rings. The largest absolute Gasteiger partial charge is 0.481 e. The molecule has 0 aromatic heterocycles. The number of carboxylic acids is 1. The zero-order chi connectivity index (χ0) is 13.8. The van der Waals surface area contributed by atoms with Crippen LogP contribution in [-0.2, 0) is 14.3 Å². The molecule has 1 aliphatic heterocycles. The molecule has 2 fully saturated rings. The number of rotatable bonds is 4. The van der Waals surface area contributed by atoms with Crippen molar-refractivity contribution in [3.8, 4) is 0 Å². The summed E-state index contributed by atoms with van der Waals surface area (Å²) in [7, 11) is 1.68. The normalized spacial score (nSPS) is 31.4. The number of ether oxygens (including phenoxy) is 1. The minimum atomic E-state index is -0.818. The summed E-state index contributed by atoms with van der Waals surface area (Å²) in [6.45, 7) is 2.16. The van der Waals surface area contributed by atoms with E-state index < -0.39 is 11.9 Å². The van der Waals surface area contributed by atoms with E-state index in [9.17, 15) is 14.7 Å². The molecule has 5 nitrogen and oxygen atoms in total. The standard InChI is InChI=1S/C14H23NO4/c1-19-9-10-4-3-7-15(8-10)13(16)11-5-2-6-12(11)14(17)18/h10-12H,2-9H2,1H3,(H,17,18). The predicted molar refractivity (Wildman–Crippen MR) is 69.6 cm³/mol. The van der Waals surface area contributed by atoms with Gasteiger partial charge in [0.1, 0.15) is 0 Å². The van der Waals surface area contributed by atoms with Crippen molar-refractivity contribution >= 4 is 11.9 Å². The van der Waals surface area contributed by atoms with Crippen LogP contribution in [0.2, 0.25) is 0 Å². The Labute approximate surface area is 113 Å². The molecule has 1 N–H and O–H groups in total. The van der Waals surface area contributed by atoms with Crippen molar-refractivity contribution in [2.45, 2.75) is 32.1 Å². The van der Waals surface area contributed by atoms with E-state index in [1.807, 2.05) is 4.90 Å². The second-order valence-corrected chi connectivity index (χ2v) is 5.73. The molecule has 1 saturated heterocycles. The van der Waals surface area contributed by atoms with Crippen LogP contribution in [0.4, 0.5) is 0 Å². The van der Waals surface area contributed by atoms with E-state index in [-0.39, 0.29) is 11.8 Å². The lowest BCUT2D eigenvalue weighted by Gasteiger charge is -2.34. The summed E-state index contributed by atoms with van der Waals surface area (Å²) in [5.74, 6) is -1.16. The van der Waals surface area contributed by atoms with Gasteiger partial charge in [-0.2, -0.15) is 0 Å². The summed E-state index contributed by atoms with van der Waals surface area (Å²) in [6, 6.07) is 0. The van der Waals surface area contributed by atoms with Gasteiger partial charge in [-0.15, -0.1) is 0 Å². The monoisotopic (exact) mass is 269 g/mol. The van der Waals surface area contributed by atoms with Gasteiger partial charge in [-0.3, -0.25) is 9.59 Å². The number of amides is 1. The maximum absolute atomic E-state index is 12.5. The number of hydrogen-bond acceptors (Lipinski definition) is 3. The van der Waals surface area contributed by atoms with Crippen LogP contribution >= 0.6 is 0 Å². The van der Waals surface area contributed by atoms with E-state index in [0.29, 0.717) is 18.9 Å². The Kier molecular flexibility index (Phi) is 4.80. The molecule has 1 heterocycles. The van der Waals surface area contributed by atoms with E-state index in [4.69, 9.17) is 4.74 Å². The zero-order valence-corrected chi connectivity index (χ0v) is 11.5. The Hall–Kier alpha value is -1.10. The number of hydrogen-bond donors (Lipinski definition) is 1. The SMILES string of the molecule is COCC1CCCN(C(=O)C2CCCC2C(=O)O)C1. The molecule has 1 saturated carbocycles. The summed E-state index contributed by atoms with van der Waals surface area (Å²) in [5, 5.41) is 9.18. The number of carbonyl (C=O) groups is 2. The third-order valence-electron chi connectivity index (χ3n) is 4.38. The van der Waals surface area contributed by atoms with Crippen LogP contribution in [0.5, 0.6) is 0 Å². The van der Waals surface area contributed by atoms with Crippen molar-refractivity contribution < 1.29 is 19.4 Å². The summed E-state index contributed by atoms with van der Waals surface area (Å²) < 4.78 is 5.16. The molecule has 0 aromatic carbocycles. The molecule has 3 atom stereocenters. The number of carbonyl (C=O) groups excluding carboxylic acids is 1. The van der Waals surface area contributed by atoms with Crippen molar-refractivity contribution in [3.05, 3.63) is 0 Å². The van der Waals surface area contributed by atoms with Gasteiger partial charge in [-0.1, -0.05) is 6.42 Å². The van der Waals surface area contributed by atoms with Gasteiger partial charge in [0.05, 0.1) is 18.4 Å². The molecule has 0 radical (unpaired) electrons. The second-order valence-electron chi connectivity index (χ2n) is 5.73. The van der Waals surface area contributed by atoms with Crippen LogP contribution in [0.15, 0.2) is 0 Å². The van der Waals surface area contributed by atoms with Crippen LogP contribution in [0.25, 0.3) is 0 Å². The summed E-state index contributed by atoms with van der Waals surface area (Å²) >= 11 is 0. The fourth-order valence-corrected chi connectivity index (χ4v) is 3.42. The van der Waals surface area contributed by atoms with Gasteiger partial charge in [0.15, 0.2) is 0 Å². The minimum Gasteiger partial charge on any atom is -0.481 e. The van der Waals surface area contributed by atoms with Crippen molar-refractivity contribution in [2.75, 3.05) is 26.8 Å². The fourth-order valence-electron chi connectivity index (χ4n) is 3.42. The van der Waals surface area contributed by atoms with Crippen LogP contribution in [0.3, 0.4) is 0 Å². The molecule has 5 heteroatoms. The first-order valence-corrected chi connectivity index (χ1v) is 7.14. The predicted octanol–water partition coefficient (Wildman–Crippen LogP) is 1.37. The van der Waals surface area contributed by atoms with Crippen molar-refractivity contribution in [3.63, 3.8) is 0 Å². The highest BCUT2D eigenvalue weighted by atomic mass is 16.5. The van der Waals surface area contributed by atoms with E-state index >= 15 is 0 Å². The molecule has 2 aliphatic rings. The average Bonchev–Trinajstić information content (AvgIpc) is 2.88. The van der Waals surface area contributed by atoms with Crippen LogP contribution in [0.1, 0.15) is 32.1 Å². The molecule has 1 aliphatic carbocycles. The van der Waals surface area contributed by atoms with Gasteiger partial charge in [0.25, 0.3) is 0 Å². The highest BCUT2D eigenvalue weighted by molar-refractivity contribution is 5.85. The quantitative estimate of drug-likeness (QED) is 0.837. The molecule has 1 amide bonds. The smallest absolute Gasteiger partial charge is 0.307 e. The van der Waals surface area contributed by atoms with Gasteiger partial charge in [0, 0.05) is 20.2 Å². The van der Waals surface area contributed by atoms with Gasteiger partial charge in [-0.25, -0.2) is 0 Å². The molecule has 0 bridgehead atoms. The lowest BCUT2D eigenvalue weighted by molar-refractivity contribution is -0.150. The number of piperidine rings is 1. The Bertz CT molecular complexity index is 342. The Morgan fingerprint density at radius 2 is 1.95 bits per heavy atom. The van der Waals surface area contributed by atoms with Gasteiger partial charge in [-0.05, 0) is 31.6 Å². The van der Waals surface area contributed by atoms with E-state index in [0.717, 1.165) is 38.8 Å². The first kappa shape index (κ1) is 14.3. The van der Waals surface area contributed by atoms with Crippen LogP contribution in [-0.4, -0.2) is 48.7 Å². The molecule has 0 spiro atoms. The molecule has 19 heavy (non-hydrogen) atoms. The van der Waals surface area contributed by atoms with Crippen LogP contribution in [0, 0.1) is 17.8 Å². The fraction of sp³-hybridized carbons (Fsp3) is 0.857. The Balaban J connectivity index is 1.96. The Morgan fingerprint density at radius 1 is 1.21 bits per heavy atom. The number of nitrogens with zero attached hydrogens (tertiary/aromatic N) is 1. The lowest BCUT2D eigenvalue weighted by Crippen LogP contribution is -2.45. The summed E-state index contributed by atoms with van der Waals surface area (Å²) in [6.07, 6.45) is 4.29. The molecule has 108 valence electrons. The van der Waals surface area contributed by atoms with Gasteiger partial charge in [0.2, 0.25) is 5.91 Å². The highest BCUT2D eigenvalue weighted by Gasteiger charge is 2.40. The van der Waals surface area contributed by atoms with Crippen molar-refractivity contribution in [1.82, 2.24) is 4.90 Å². The Morgan fingerprint density at radius 3 is 2.63 bits per heavy atom. The number of methoxy groups -OCH3 is 1. The lowest BCUT2D eigenvalue weighted by atomic mass is 9.92. The maximum atomic E-state index is 12.5. The second kappa shape index (κ2) is 6.37. The average molecular weight is 269 g/mol. The highest BCUT2D eigenvalue weighted by Crippen LogP contribution is 2.34. The third-order valence-corrected chi connectivity index (χ3v) is 4.38. The van der Waals surface area contributed by atoms with Crippen LogP contribution < -0.4 is 0 Å². The van der Waals surface area contributed by atoms with Gasteiger partial charge < -0.3 is 14.7 Å². The van der Waals surface area contributed by atoms with E-state index in [1.165, 1.54) is 0 Å². The first-order valence-electron chi connectivity index (χ1n) is 7.14. The molecular formula is C14H23NO4. The van der Waals surface area contributed by atoms with Crippen molar-refractivity contribution in [2.24, 2.45) is 17.8 Å². The maximum Gasteiger partial charge on any atom is 0.307 e. The molecular weight excluding hydrogens is 246 g/mol. The minimum absolute atomic E-state index is 0.0469. The summed E-state index contributed by atoms with van der Waals surface area (Å²) in [5.41, 5.74) is 0. The van der Waals surface area contributed by atoms with E-state index in [2.05, 4.69) is 0 Å². The third kappa shape index (κ3) is 3.26. The topological polar surface area (TPSA) is 66.8 Å². The summed E-state index contributed by atoms with van der Waals surface area (Å²) in [4.78, 5) is 25.5. The first-order chi connectivity index (χ1) is 9.13. The number of carboxylic acid groups (broad SMARTS) is 1. The molecule has 2 rings (SSSR count). The van der Waals surface area contributed by atoms with Crippen molar-refractivity contribution in [1.29, 1.82) is 0 Å². The molecule has 3 unspecified atom stereocenters. The number of likely N-dealkylation sites (tertiary alicyclic amines) is 1.